The molecule has 0 spiro atoms. The van der Waals surface area contributed by atoms with E-state index in [0.717, 1.165) is 60.6 Å². The minimum Gasteiger partial charge on any atom is -0.316 e. The van der Waals surface area contributed by atoms with E-state index in [-0.39, 0.29) is 0 Å². The van der Waals surface area contributed by atoms with Crippen LogP contribution < -0.4 is 10.0 Å². The topological polar surface area (TPSA) is 61.4 Å². The molecule has 0 atom stereocenters. The highest BCUT2D eigenvalue weighted by atomic mass is 32.2. The third kappa shape index (κ3) is 5.18. The minimum atomic E-state index is -3.52. The fourth-order valence-electron chi connectivity index (χ4n) is 8.31. The van der Waals surface area contributed by atoms with Gasteiger partial charge in [0.05, 0.1) is 4.90 Å². The number of hydrogen-bond donors (Lipinski definition) is 2. The van der Waals surface area contributed by atoms with Gasteiger partial charge in [0.2, 0.25) is 10.0 Å². The highest BCUT2D eigenvalue weighted by Crippen LogP contribution is 2.59. The third-order valence-corrected chi connectivity index (χ3v) is 11.1. The Morgan fingerprint density at radius 3 is 2.26 bits per heavy atom. The molecule has 2 aromatic rings. The van der Waals surface area contributed by atoms with Crippen molar-refractivity contribution in [3.05, 3.63) is 42.5 Å². The Kier molecular flexibility index (Phi) is 6.67. The van der Waals surface area contributed by atoms with Crippen molar-refractivity contribution in [1.29, 1.82) is 0 Å². The standard InChI is InChI=1S/C29H41N3O2S/c33-35(34,28-7-3-5-26-4-1-2-6-27(26)28)31-10-13-32-11-8-22(9-12-32)20-30-21-29-17-23-14-24(18-29)16-25(15-23)19-29/h1-7,22-25,30-31H,8-21H2. The molecule has 2 aromatic carbocycles. The molecule has 2 N–H and O–H groups in total. The predicted molar refractivity (Wildman–Crippen MR) is 142 cm³/mol. The zero-order valence-electron chi connectivity index (χ0n) is 20.9. The zero-order chi connectivity index (χ0) is 23.9. The summed E-state index contributed by atoms with van der Waals surface area (Å²) in [5, 5.41) is 5.65. The lowest BCUT2D eigenvalue weighted by atomic mass is 9.49. The molecule has 0 unspecified atom stereocenters. The minimum absolute atomic E-state index is 0.374. The molecule has 1 heterocycles. The van der Waals surface area contributed by atoms with Gasteiger partial charge in [0.1, 0.15) is 0 Å². The number of benzene rings is 2. The molecule has 35 heavy (non-hydrogen) atoms. The Morgan fingerprint density at radius 1 is 0.886 bits per heavy atom. The summed E-state index contributed by atoms with van der Waals surface area (Å²) in [6, 6.07) is 13.1. The molecule has 5 aliphatic rings. The number of piperidine rings is 1. The molecular formula is C29H41N3O2S. The zero-order valence-corrected chi connectivity index (χ0v) is 21.7. The van der Waals surface area contributed by atoms with Crippen LogP contribution >= 0.6 is 0 Å². The summed E-state index contributed by atoms with van der Waals surface area (Å²) in [5.74, 6) is 3.85. The summed E-state index contributed by atoms with van der Waals surface area (Å²) in [6.45, 7) is 5.77. The highest BCUT2D eigenvalue weighted by Gasteiger charge is 2.50. The molecule has 5 nitrogen and oxygen atoms in total. The Morgan fingerprint density at radius 2 is 1.54 bits per heavy atom. The molecule has 190 valence electrons. The van der Waals surface area contributed by atoms with Crippen molar-refractivity contribution in [2.75, 3.05) is 39.3 Å². The molecule has 7 rings (SSSR count). The van der Waals surface area contributed by atoms with Gasteiger partial charge in [0.25, 0.3) is 0 Å². The largest absolute Gasteiger partial charge is 0.316 e. The van der Waals surface area contributed by atoms with Gasteiger partial charge in [-0.2, -0.15) is 0 Å². The number of nitrogens with one attached hydrogen (secondary N) is 2. The van der Waals surface area contributed by atoms with Gasteiger partial charge in [-0.3, -0.25) is 0 Å². The van der Waals surface area contributed by atoms with E-state index >= 15 is 0 Å². The van der Waals surface area contributed by atoms with Gasteiger partial charge in [-0.15, -0.1) is 0 Å². The summed E-state index contributed by atoms with van der Waals surface area (Å²) in [5.41, 5.74) is 0.622. The van der Waals surface area contributed by atoms with Gasteiger partial charge < -0.3 is 10.2 Å². The van der Waals surface area contributed by atoms with E-state index in [1.54, 1.807) is 6.07 Å². The lowest BCUT2D eigenvalue weighted by Gasteiger charge is -2.57. The van der Waals surface area contributed by atoms with Crippen molar-refractivity contribution >= 4 is 20.8 Å². The van der Waals surface area contributed by atoms with E-state index in [9.17, 15) is 8.42 Å². The van der Waals surface area contributed by atoms with Crippen molar-refractivity contribution < 1.29 is 8.42 Å². The maximum atomic E-state index is 12.9. The van der Waals surface area contributed by atoms with Crippen LogP contribution in [0.25, 0.3) is 10.8 Å². The number of hydrogen-bond acceptors (Lipinski definition) is 4. The molecule has 1 saturated heterocycles. The molecular weight excluding hydrogens is 454 g/mol. The first-order chi connectivity index (χ1) is 17.0. The van der Waals surface area contributed by atoms with Crippen LogP contribution in [0.5, 0.6) is 0 Å². The maximum Gasteiger partial charge on any atom is 0.241 e. The van der Waals surface area contributed by atoms with Crippen molar-refractivity contribution in [1.82, 2.24) is 14.9 Å². The van der Waals surface area contributed by atoms with Gasteiger partial charge in [-0.25, -0.2) is 13.1 Å². The molecule has 0 amide bonds. The van der Waals surface area contributed by atoms with Crippen molar-refractivity contribution in [3.63, 3.8) is 0 Å². The SMILES string of the molecule is O=S(=O)(NCCN1CCC(CNCC23CC4CC(CC(C4)C2)C3)CC1)c1cccc2ccccc12. The van der Waals surface area contributed by atoms with Crippen LogP contribution in [0.3, 0.4) is 0 Å². The molecule has 6 heteroatoms. The summed E-state index contributed by atoms with van der Waals surface area (Å²) in [6.07, 6.45) is 11.5. The van der Waals surface area contributed by atoms with Crippen molar-refractivity contribution in [3.8, 4) is 0 Å². The van der Waals surface area contributed by atoms with Crippen molar-refractivity contribution in [2.24, 2.45) is 29.1 Å². The quantitative estimate of drug-likeness (QED) is 0.532. The lowest BCUT2D eigenvalue weighted by molar-refractivity contribution is -0.0517. The number of nitrogens with zero attached hydrogens (tertiary/aromatic N) is 1. The number of likely N-dealkylation sites (tertiary alicyclic amines) is 1. The smallest absolute Gasteiger partial charge is 0.241 e. The first kappa shape index (κ1) is 23.9. The first-order valence-corrected chi connectivity index (χ1v) is 15.4. The van der Waals surface area contributed by atoms with Gasteiger partial charge in [0.15, 0.2) is 0 Å². The monoisotopic (exact) mass is 495 g/mol. The van der Waals surface area contributed by atoms with E-state index < -0.39 is 10.0 Å². The van der Waals surface area contributed by atoms with Crippen LogP contribution in [0.4, 0.5) is 0 Å². The van der Waals surface area contributed by atoms with Gasteiger partial charge in [-0.05, 0) is 112 Å². The summed E-state index contributed by atoms with van der Waals surface area (Å²) >= 11 is 0. The Bertz CT molecular complexity index is 1100. The van der Waals surface area contributed by atoms with Gasteiger partial charge in [-0.1, -0.05) is 36.4 Å². The molecule has 4 aliphatic carbocycles. The fourth-order valence-corrected chi connectivity index (χ4v) is 9.56. The number of fused-ring (bicyclic) bond motifs is 1. The van der Waals surface area contributed by atoms with Crippen LogP contribution in [0, 0.1) is 29.1 Å². The second-order valence-corrected chi connectivity index (χ2v) is 13.9. The molecule has 0 radical (unpaired) electrons. The molecule has 4 saturated carbocycles. The van der Waals surface area contributed by atoms with E-state index in [4.69, 9.17) is 0 Å². The van der Waals surface area contributed by atoms with E-state index in [2.05, 4.69) is 14.9 Å². The van der Waals surface area contributed by atoms with Crippen LogP contribution in [-0.2, 0) is 10.0 Å². The fraction of sp³-hybridized carbons (Fsp3) is 0.655. The van der Waals surface area contributed by atoms with Gasteiger partial charge in [0, 0.05) is 25.0 Å². The predicted octanol–water partition coefficient (Wildman–Crippen LogP) is 4.64. The second-order valence-electron chi connectivity index (χ2n) is 12.2. The maximum absolute atomic E-state index is 12.9. The van der Waals surface area contributed by atoms with E-state index in [1.165, 1.54) is 57.9 Å². The van der Waals surface area contributed by atoms with Crippen LogP contribution in [-0.4, -0.2) is 52.6 Å². The number of sulfonamides is 1. The average molecular weight is 496 g/mol. The summed E-state index contributed by atoms with van der Waals surface area (Å²) in [7, 11) is -3.52. The molecule has 4 bridgehead atoms. The number of rotatable bonds is 9. The van der Waals surface area contributed by atoms with E-state index in [1.807, 2.05) is 36.4 Å². The Balaban J connectivity index is 0.929. The van der Waals surface area contributed by atoms with Gasteiger partial charge >= 0.3 is 0 Å². The van der Waals surface area contributed by atoms with Crippen LogP contribution in [0.15, 0.2) is 47.4 Å². The highest BCUT2D eigenvalue weighted by molar-refractivity contribution is 7.89. The molecule has 0 aromatic heterocycles. The summed E-state index contributed by atoms with van der Waals surface area (Å²) in [4.78, 5) is 2.79. The van der Waals surface area contributed by atoms with Crippen LogP contribution in [0.2, 0.25) is 0 Å². The molecule has 5 fully saturated rings. The normalized spacial score (nSPS) is 31.4. The first-order valence-electron chi connectivity index (χ1n) is 13.9. The van der Waals surface area contributed by atoms with Crippen LogP contribution in [0.1, 0.15) is 51.4 Å². The third-order valence-electron chi connectivity index (χ3n) is 9.56. The Labute approximate surface area is 211 Å². The molecule has 1 aliphatic heterocycles. The summed E-state index contributed by atoms with van der Waals surface area (Å²) < 4.78 is 28.7. The van der Waals surface area contributed by atoms with E-state index in [0.29, 0.717) is 16.9 Å². The second kappa shape index (κ2) is 9.77. The average Bonchev–Trinajstić information content (AvgIpc) is 2.84. The lowest BCUT2D eigenvalue weighted by Crippen LogP contribution is -2.51. The Hall–Kier alpha value is -1.47. The van der Waals surface area contributed by atoms with Crippen molar-refractivity contribution in [2.45, 2.75) is 56.3 Å².